The van der Waals surface area contributed by atoms with Crippen molar-refractivity contribution in [1.82, 2.24) is 4.90 Å². The van der Waals surface area contributed by atoms with E-state index in [1.807, 2.05) is 6.08 Å². The summed E-state index contributed by atoms with van der Waals surface area (Å²) < 4.78 is 34.0. The molecular formula is C23H41NO8. The average Bonchev–Trinajstić information content (AvgIpc) is 2.80. The predicted molar refractivity (Wildman–Crippen MR) is 118 cm³/mol. The van der Waals surface area contributed by atoms with E-state index in [1.54, 1.807) is 4.90 Å². The quantitative estimate of drug-likeness (QED) is 0.574. The Morgan fingerprint density at radius 1 is 1.00 bits per heavy atom. The minimum atomic E-state index is -0.463. The molecule has 0 aromatic rings. The van der Waals surface area contributed by atoms with E-state index < -0.39 is 6.29 Å². The smallest absolute Gasteiger partial charge is 0.288 e. The van der Waals surface area contributed by atoms with Crippen molar-refractivity contribution in [2.45, 2.75) is 39.4 Å². The van der Waals surface area contributed by atoms with Gasteiger partial charge in [-0.05, 0) is 30.8 Å². The molecule has 2 atom stereocenters. The molecule has 9 heteroatoms. The monoisotopic (exact) mass is 459 g/mol. The maximum absolute atomic E-state index is 13.3. The molecule has 2 aliphatic rings. The fourth-order valence-corrected chi connectivity index (χ4v) is 3.41. The lowest BCUT2D eigenvalue weighted by Gasteiger charge is -2.33. The van der Waals surface area contributed by atoms with Gasteiger partial charge in [-0.25, -0.2) is 0 Å². The summed E-state index contributed by atoms with van der Waals surface area (Å²) in [5, 5.41) is 8.95. The highest BCUT2D eigenvalue weighted by Crippen LogP contribution is 2.29. The van der Waals surface area contributed by atoms with Gasteiger partial charge in [0.05, 0.1) is 59.5 Å². The van der Waals surface area contributed by atoms with E-state index in [1.165, 1.54) is 0 Å². The van der Waals surface area contributed by atoms with Crippen LogP contribution in [0.4, 0.5) is 0 Å². The van der Waals surface area contributed by atoms with Gasteiger partial charge in [-0.2, -0.15) is 0 Å². The van der Waals surface area contributed by atoms with Crippen molar-refractivity contribution in [2.75, 3.05) is 79.2 Å². The number of allylic oxidation sites excluding steroid dienone is 1. The minimum Gasteiger partial charge on any atom is -0.459 e. The first kappa shape index (κ1) is 27.0. The molecule has 0 spiro atoms. The van der Waals surface area contributed by atoms with E-state index in [0.717, 1.165) is 6.42 Å². The van der Waals surface area contributed by atoms with Crippen molar-refractivity contribution in [3.63, 3.8) is 0 Å². The Morgan fingerprint density at radius 2 is 1.56 bits per heavy atom. The van der Waals surface area contributed by atoms with Crippen molar-refractivity contribution in [2.24, 2.45) is 11.8 Å². The fourth-order valence-electron chi connectivity index (χ4n) is 3.41. The van der Waals surface area contributed by atoms with E-state index in [-0.39, 0.29) is 18.4 Å². The molecule has 0 radical (unpaired) electrons. The second-order valence-electron chi connectivity index (χ2n) is 8.27. The molecular weight excluding hydrogens is 418 g/mol. The molecule has 0 aromatic heterocycles. The second kappa shape index (κ2) is 16.4. The number of aliphatic hydroxyl groups is 1. The van der Waals surface area contributed by atoms with Crippen molar-refractivity contribution in [1.29, 1.82) is 0 Å². The molecule has 0 unspecified atom stereocenters. The van der Waals surface area contributed by atoms with Gasteiger partial charge in [0.15, 0.2) is 5.76 Å². The summed E-state index contributed by atoms with van der Waals surface area (Å²) in [5.41, 5.74) is 0. The standard InChI is InChI=1S/C23H41NO8/c1-19(2)20-17-21(32-22(18-20)31-8-4-3-7-25)23(26)24-5-9-27-11-13-29-15-16-30-14-12-28-10-6-24/h17,19-20,22,25H,3-16,18H2,1-2H3/t20-,22+/m1/s1. The Bertz CT molecular complexity index is 526. The highest BCUT2D eigenvalue weighted by molar-refractivity contribution is 5.91. The molecule has 1 amide bonds. The third kappa shape index (κ3) is 10.6. The van der Waals surface area contributed by atoms with Crippen LogP contribution in [0.25, 0.3) is 0 Å². The third-order valence-electron chi connectivity index (χ3n) is 5.43. The van der Waals surface area contributed by atoms with Gasteiger partial charge in [0.25, 0.3) is 5.91 Å². The van der Waals surface area contributed by atoms with Gasteiger partial charge in [-0.3, -0.25) is 4.79 Å². The highest BCUT2D eigenvalue weighted by Gasteiger charge is 2.31. The predicted octanol–water partition coefficient (Wildman–Crippen LogP) is 1.59. The first-order valence-electron chi connectivity index (χ1n) is 11.8. The molecule has 32 heavy (non-hydrogen) atoms. The summed E-state index contributed by atoms with van der Waals surface area (Å²) in [7, 11) is 0. The summed E-state index contributed by atoms with van der Waals surface area (Å²) in [4.78, 5) is 15.0. The third-order valence-corrected chi connectivity index (χ3v) is 5.43. The Hall–Kier alpha value is -1.23. The summed E-state index contributed by atoms with van der Waals surface area (Å²) in [6, 6.07) is 0. The Kier molecular flexibility index (Phi) is 13.8. The molecule has 1 N–H and O–H groups in total. The van der Waals surface area contributed by atoms with Crippen molar-refractivity contribution in [3.8, 4) is 0 Å². The molecule has 1 saturated heterocycles. The molecule has 0 aliphatic carbocycles. The van der Waals surface area contributed by atoms with Gasteiger partial charge < -0.3 is 38.4 Å². The van der Waals surface area contributed by atoms with Crippen LogP contribution in [-0.2, 0) is 33.2 Å². The van der Waals surface area contributed by atoms with Crippen LogP contribution >= 0.6 is 0 Å². The van der Waals surface area contributed by atoms with Gasteiger partial charge >= 0.3 is 0 Å². The molecule has 9 nitrogen and oxygen atoms in total. The molecule has 0 bridgehead atoms. The van der Waals surface area contributed by atoms with E-state index in [0.29, 0.717) is 97.1 Å². The van der Waals surface area contributed by atoms with Crippen LogP contribution < -0.4 is 0 Å². The Balaban J connectivity index is 1.97. The molecule has 2 aliphatic heterocycles. The number of hydrogen-bond acceptors (Lipinski definition) is 8. The minimum absolute atomic E-state index is 0.143. The zero-order valence-corrected chi connectivity index (χ0v) is 19.7. The number of hydrogen-bond donors (Lipinski definition) is 1. The number of nitrogens with zero attached hydrogens (tertiary/aromatic N) is 1. The summed E-state index contributed by atoms with van der Waals surface area (Å²) in [5.74, 6) is 0.700. The molecule has 2 rings (SSSR count). The van der Waals surface area contributed by atoms with Crippen LogP contribution in [0.3, 0.4) is 0 Å². The first-order chi connectivity index (χ1) is 15.6. The summed E-state index contributed by atoms with van der Waals surface area (Å²) >= 11 is 0. The largest absolute Gasteiger partial charge is 0.459 e. The zero-order chi connectivity index (χ0) is 23.0. The van der Waals surface area contributed by atoms with E-state index in [4.69, 9.17) is 33.5 Å². The lowest BCUT2D eigenvalue weighted by Crippen LogP contribution is -2.41. The van der Waals surface area contributed by atoms with Crippen LogP contribution in [0.1, 0.15) is 33.1 Å². The average molecular weight is 460 g/mol. The number of carbonyl (C=O) groups is 1. The lowest BCUT2D eigenvalue weighted by atomic mass is 9.90. The van der Waals surface area contributed by atoms with Crippen molar-refractivity contribution >= 4 is 5.91 Å². The Labute approximate surface area is 191 Å². The van der Waals surface area contributed by atoms with Crippen LogP contribution in [0.15, 0.2) is 11.8 Å². The van der Waals surface area contributed by atoms with Gasteiger partial charge in [0.1, 0.15) is 0 Å². The van der Waals surface area contributed by atoms with Gasteiger partial charge in [-0.15, -0.1) is 0 Å². The number of carbonyl (C=O) groups excluding carboxylic acids is 1. The summed E-state index contributed by atoms with van der Waals surface area (Å²) in [6.07, 6.45) is 3.62. The maximum Gasteiger partial charge on any atom is 0.288 e. The molecule has 2 heterocycles. The number of aliphatic hydroxyl groups excluding tert-OH is 1. The Morgan fingerprint density at radius 3 is 2.09 bits per heavy atom. The maximum atomic E-state index is 13.3. The van der Waals surface area contributed by atoms with Crippen LogP contribution in [-0.4, -0.2) is 101 Å². The van der Waals surface area contributed by atoms with Crippen LogP contribution in [0.5, 0.6) is 0 Å². The number of amides is 1. The number of rotatable bonds is 7. The topological polar surface area (TPSA) is 95.9 Å². The summed E-state index contributed by atoms with van der Waals surface area (Å²) in [6.45, 7) is 9.58. The number of unbranched alkanes of at least 4 members (excludes halogenated alkanes) is 1. The fraction of sp³-hybridized carbons (Fsp3) is 0.870. The SMILES string of the molecule is CC(C)[C@@H]1C=C(C(=O)N2CCOCCOCCOCCOCC2)O[C@H](OCCCCO)C1. The van der Waals surface area contributed by atoms with Crippen molar-refractivity contribution < 1.29 is 38.3 Å². The van der Waals surface area contributed by atoms with E-state index >= 15 is 0 Å². The molecule has 0 saturated carbocycles. The van der Waals surface area contributed by atoms with Crippen LogP contribution in [0, 0.1) is 11.8 Å². The lowest BCUT2D eigenvalue weighted by molar-refractivity contribution is -0.157. The highest BCUT2D eigenvalue weighted by atomic mass is 16.7. The molecule has 186 valence electrons. The second-order valence-corrected chi connectivity index (χ2v) is 8.27. The van der Waals surface area contributed by atoms with Crippen LogP contribution in [0.2, 0.25) is 0 Å². The van der Waals surface area contributed by atoms with Gasteiger partial charge in [-0.1, -0.05) is 13.8 Å². The normalized spacial score (nSPS) is 24.9. The van der Waals surface area contributed by atoms with E-state index in [9.17, 15) is 4.79 Å². The number of ether oxygens (including phenoxy) is 6. The van der Waals surface area contributed by atoms with Gasteiger partial charge in [0.2, 0.25) is 6.29 Å². The first-order valence-corrected chi connectivity index (χ1v) is 11.8. The van der Waals surface area contributed by atoms with E-state index in [2.05, 4.69) is 13.8 Å². The van der Waals surface area contributed by atoms with Crippen molar-refractivity contribution in [3.05, 3.63) is 11.8 Å². The molecule has 0 aromatic carbocycles. The molecule has 1 fully saturated rings. The van der Waals surface area contributed by atoms with Gasteiger partial charge in [0, 0.05) is 26.1 Å². The zero-order valence-electron chi connectivity index (χ0n) is 19.7.